The van der Waals surface area contributed by atoms with Gasteiger partial charge in [0.1, 0.15) is 5.75 Å². The van der Waals surface area contributed by atoms with Gasteiger partial charge < -0.3 is 14.2 Å². The van der Waals surface area contributed by atoms with E-state index in [1.165, 1.54) is 30.3 Å². The van der Waals surface area contributed by atoms with E-state index < -0.39 is 10.0 Å². The molecule has 1 aromatic heterocycles. The zero-order valence-electron chi connectivity index (χ0n) is 21.2. The lowest BCUT2D eigenvalue weighted by Gasteiger charge is -2.22. The summed E-state index contributed by atoms with van der Waals surface area (Å²) in [4.78, 5) is 27.2. The Kier molecular flexibility index (Phi) is 7.57. The average Bonchev–Trinajstić information content (AvgIpc) is 3.53. The first-order chi connectivity index (χ1) is 17.0. The standard InChI is InChI=1S/C27H33N3O5S/c1-19-15-25(35-18-27(32)29-14-13-24(17-29)28(3)36(4,33)34)16-26(31)30(19)20(2)23-11-9-22(10-12-23)8-7-21-5-6-21/h9-12,15-16,20-21,24H,5-6,13-14,17-18H2,1-4H3/t20-,24+/m1/s1. The number of hydrogen-bond acceptors (Lipinski definition) is 5. The fraction of sp³-hybridized carbons (Fsp3) is 0.481. The minimum absolute atomic E-state index is 0.174. The van der Waals surface area contributed by atoms with Gasteiger partial charge in [0.15, 0.2) is 6.61 Å². The van der Waals surface area contributed by atoms with Crippen LogP contribution in [0.15, 0.2) is 41.2 Å². The van der Waals surface area contributed by atoms with Crippen molar-refractivity contribution >= 4 is 15.9 Å². The van der Waals surface area contributed by atoms with Gasteiger partial charge in [-0.2, -0.15) is 0 Å². The molecule has 2 atom stereocenters. The van der Waals surface area contributed by atoms with Gasteiger partial charge in [-0.1, -0.05) is 24.0 Å². The van der Waals surface area contributed by atoms with Crippen LogP contribution in [-0.2, 0) is 14.8 Å². The van der Waals surface area contributed by atoms with Crippen LogP contribution in [-0.4, -0.2) is 67.1 Å². The highest BCUT2D eigenvalue weighted by atomic mass is 32.2. The van der Waals surface area contributed by atoms with E-state index in [1.807, 2.05) is 38.1 Å². The summed E-state index contributed by atoms with van der Waals surface area (Å²) in [7, 11) is -1.79. The van der Waals surface area contributed by atoms with E-state index in [0.29, 0.717) is 31.2 Å². The minimum atomic E-state index is -3.32. The maximum absolute atomic E-state index is 12.9. The predicted molar refractivity (Wildman–Crippen MR) is 138 cm³/mol. The van der Waals surface area contributed by atoms with Gasteiger partial charge in [0.05, 0.1) is 12.3 Å². The van der Waals surface area contributed by atoms with Gasteiger partial charge in [-0.05, 0) is 56.9 Å². The Hall–Kier alpha value is -3.09. The van der Waals surface area contributed by atoms with Crippen molar-refractivity contribution in [3.05, 3.63) is 63.6 Å². The molecule has 4 rings (SSSR count). The smallest absolute Gasteiger partial charge is 0.260 e. The zero-order valence-corrected chi connectivity index (χ0v) is 22.0. The Morgan fingerprint density at radius 3 is 2.50 bits per heavy atom. The highest BCUT2D eigenvalue weighted by molar-refractivity contribution is 7.88. The maximum atomic E-state index is 12.9. The summed E-state index contributed by atoms with van der Waals surface area (Å²) in [6.07, 6.45) is 4.13. The topological polar surface area (TPSA) is 88.9 Å². The van der Waals surface area contributed by atoms with Gasteiger partial charge in [-0.25, -0.2) is 12.7 Å². The van der Waals surface area contributed by atoms with E-state index in [2.05, 4.69) is 11.8 Å². The monoisotopic (exact) mass is 511 g/mol. The summed E-state index contributed by atoms with van der Waals surface area (Å²) in [6.45, 7) is 4.40. The highest BCUT2D eigenvalue weighted by Gasteiger charge is 2.32. The number of likely N-dealkylation sites (tertiary alicyclic amines) is 1. The van der Waals surface area contributed by atoms with Crippen LogP contribution in [0, 0.1) is 24.7 Å². The number of likely N-dealkylation sites (N-methyl/N-ethyl adjacent to an activating group) is 1. The molecule has 9 heteroatoms. The number of aryl methyl sites for hydroxylation is 1. The molecule has 2 fully saturated rings. The second kappa shape index (κ2) is 10.5. The minimum Gasteiger partial charge on any atom is -0.484 e. The Morgan fingerprint density at radius 2 is 1.89 bits per heavy atom. The van der Waals surface area contributed by atoms with Crippen LogP contribution in [0.25, 0.3) is 0 Å². The predicted octanol–water partition coefficient (Wildman–Crippen LogP) is 2.40. The molecular weight excluding hydrogens is 478 g/mol. The van der Waals surface area contributed by atoms with E-state index in [1.54, 1.807) is 15.5 Å². The fourth-order valence-corrected chi connectivity index (χ4v) is 5.15. The Labute approximate surface area is 212 Å². The van der Waals surface area contributed by atoms with E-state index in [0.717, 1.165) is 23.1 Å². The van der Waals surface area contributed by atoms with E-state index in [9.17, 15) is 18.0 Å². The third-order valence-corrected chi connectivity index (χ3v) is 8.27. The van der Waals surface area contributed by atoms with Crippen molar-refractivity contribution in [2.24, 2.45) is 5.92 Å². The van der Waals surface area contributed by atoms with Gasteiger partial charge in [-0.3, -0.25) is 9.59 Å². The molecule has 0 radical (unpaired) electrons. The number of aromatic nitrogens is 1. The van der Waals surface area contributed by atoms with Crippen molar-refractivity contribution in [3.8, 4) is 17.6 Å². The summed E-state index contributed by atoms with van der Waals surface area (Å²) in [6, 6.07) is 10.7. The molecule has 1 aromatic carbocycles. The molecule has 192 valence electrons. The van der Waals surface area contributed by atoms with Crippen LogP contribution in [0.3, 0.4) is 0 Å². The lowest BCUT2D eigenvalue weighted by atomic mass is 10.1. The van der Waals surface area contributed by atoms with Crippen LogP contribution in [0.2, 0.25) is 0 Å². The molecule has 2 heterocycles. The number of sulfonamides is 1. The molecule has 36 heavy (non-hydrogen) atoms. The number of rotatable bonds is 7. The van der Waals surface area contributed by atoms with Crippen LogP contribution >= 0.6 is 0 Å². The largest absolute Gasteiger partial charge is 0.484 e. The fourth-order valence-electron chi connectivity index (χ4n) is 4.44. The molecule has 0 bridgehead atoms. The summed E-state index contributed by atoms with van der Waals surface area (Å²) in [5.74, 6) is 7.11. The molecule has 1 amide bonds. The second-order valence-corrected chi connectivity index (χ2v) is 11.8. The summed E-state index contributed by atoms with van der Waals surface area (Å²) in [5, 5.41) is 0. The summed E-state index contributed by atoms with van der Waals surface area (Å²) >= 11 is 0. The van der Waals surface area contributed by atoms with E-state index >= 15 is 0 Å². The first-order valence-electron chi connectivity index (χ1n) is 12.2. The molecule has 1 saturated carbocycles. The Balaban J connectivity index is 1.38. The average molecular weight is 512 g/mol. The number of amides is 1. The van der Waals surface area contributed by atoms with Crippen LogP contribution in [0.4, 0.5) is 0 Å². The quantitative estimate of drug-likeness (QED) is 0.533. The van der Waals surface area contributed by atoms with Gasteiger partial charge in [-0.15, -0.1) is 0 Å². The first-order valence-corrected chi connectivity index (χ1v) is 14.1. The molecular formula is C27H33N3O5S. The number of hydrogen-bond donors (Lipinski definition) is 0. The third kappa shape index (κ3) is 6.18. The summed E-state index contributed by atoms with van der Waals surface area (Å²) < 4.78 is 32.2. The number of ether oxygens (including phenoxy) is 1. The van der Waals surface area contributed by atoms with Crippen molar-refractivity contribution in [1.29, 1.82) is 0 Å². The van der Waals surface area contributed by atoms with Crippen molar-refractivity contribution in [2.75, 3.05) is 33.0 Å². The normalized spacial score (nSPS) is 18.6. The molecule has 1 aliphatic carbocycles. The van der Waals surface area contributed by atoms with E-state index in [4.69, 9.17) is 4.74 Å². The van der Waals surface area contributed by atoms with Crippen molar-refractivity contribution in [2.45, 2.75) is 45.2 Å². The number of carbonyl (C=O) groups is 1. The number of carbonyl (C=O) groups excluding carboxylic acids is 1. The molecule has 0 spiro atoms. The van der Waals surface area contributed by atoms with Crippen LogP contribution in [0.1, 0.15) is 49.0 Å². The second-order valence-electron chi connectivity index (χ2n) is 9.73. The van der Waals surface area contributed by atoms with Gasteiger partial charge in [0.2, 0.25) is 10.0 Å². The highest BCUT2D eigenvalue weighted by Crippen LogP contribution is 2.27. The van der Waals surface area contributed by atoms with Crippen molar-refractivity contribution in [3.63, 3.8) is 0 Å². The van der Waals surface area contributed by atoms with Crippen LogP contribution in [0.5, 0.6) is 5.75 Å². The SMILES string of the molecule is Cc1cc(OCC(=O)N2CC[C@H](N(C)S(C)(=O)=O)C2)cc(=O)n1[C@H](C)c1ccc(C#CC2CC2)cc1. The lowest BCUT2D eigenvalue weighted by molar-refractivity contribution is -0.132. The first kappa shape index (κ1) is 26.0. The van der Waals surface area contributed by atoms with Gasteiger partial charge >= 0.3 is 0 Å². The van der Waals surface area contributed by atoms with Crippen molar-refractivity contribution in [1.82, 2.24) is 13.8 Å². The molecule has 2 aromatic rings. The summed E-state index contributed by atoms with van der Waals surface area (Å²) in [5.41, 5.74) is 2.50. The molecule has 0 N–H and O–H groups in total. The molecule has 1 saturated heterocycles. The Bertz CT molecular complexity index is 1350. The molecule has 0 unspecified atom stereocenters. The molecule has 2 aliphatic rings. The van der Waals surface area contributed by atoms with E-state index in [-0.39, 0.29) is 30.2 Å². The lowest BCUT2D eigenvalue weighted by Crippen LogP contribution is -2.40. The van der Waals surface area contributed by atoms with Crippen molar-refractivity contribution < 1.29 is 17.9 Å². The van der Waals surface area contributed by atoms with Gasteiger partial charge in [0, 0.05) is 49.4 Å². The number of nitrogens with zero attached hydrogens (tertiary/aromatic N) is 3. The zero-order chi connectivity index (χ0) is 26.0. The third-order valence-electron chi connectivity index (χ3n) is 6.93. The maximum Gasteiger partial charge on any atom is 0.260 e. The Morgan fingerprint density at radius 1 is 1.19 bits per heavy atom. The number of pyridine rings is 1. The molecule has 8 nitrogen and oxygen atoms in total. The number of benzene rings is 1. The van der Waals surface area contributed by atoms with Crippen LogP contribution < -0.4 is 10.3 Å². The van der Waals surface area contributed by atoms with Gasteiger partial charge in [0.25, 0.3) is 11.5 Å². The molecule has 1 aliphatic heterocycles.